The van der Waals surface area contributed by atoms with E-state index in [1.807, 2.05) is 0 Å². The molecule has 0 aliphatic carbocycles. The molecule has 2 unspecified atom stereocenters. The highest BCUT2D eigenvalue weighted by Crippen LogP contribution is 2.31. The average Bonchev–Trinajstić information content (AvgIpc) is 3.36. The Balaban J connectivity index is 1.78. The molecule has 3 rings (SSSR count). The van der Waals surface area contributed by atoms with E-state index in [2.05, 4.69) is 10.5 Å². The highest BCUT2D eigenvalue weighted by atomic mass is 35.5. The van der Waals surface area contributed by atoms with Crippen molar-refractivity contribution in [2.45, 2.75) is 38.3 Å². The molecule has 0 bridgehead atoms. The summed E-state index contributed by atoms with van der Waals surface area (Å²) in [6.45, 7) is 2.19. The molecule has 2 heterocycles. The van der Waals surface area contributed by atoms with Crippen molar-refractivity contribution in [3.8, 4) is 0 Å². The number of hydrogen-bond donors (Lipinski definition) is 2. The third kappa shape index (κ3) is 5.29. The van der Waals surface area contributed by atoms with Crippen molar-refractivity contribution in [1.82, 2.24) is 15.4 Å². The predicted octanol–water partition coefficient (Wildman–Crippen LogP) is 3.70. The molecule has 2 aromatic rings. The van der Waals surface area contributed by atoms with Crippen LogP contribution in [0.15, 0.2) is 28.8 Å². The molecule has 2 amide bonds. The summed E-state index contributed by atoms with van der Waals surface area (Å²) < 4.78 is 10.4. The van der Waals surface area contributed by atoms with E-state index in [1.165, 1.54) is 17.0 Å². The van der Waals surface area contributed by atoms with Gasteiger partial charge in [-0.05, 0) is 31.9 Å². The van der Waals surface area contributed by atoms with Crippen LogP contribution in [0.1, 0.15) is 47.6 Å². The van der Waals surface area contributed by atoms with Gasteiger partial charge in [0, 0.05) is 19.0 Å². The Labute approximate surface area is 188 Å². The van der Waals surface area contributed by atoms with Gasteiger partial charge < -0.3 is 19.7 Å². The molecule has 1 saturated heterocycles. The van der Waals surface area contributed by atoms with Crippen LogP contribution in [0.4, 0.5) is 4.79 Å². The lowest BCUT2D eigenvalue weighted by molar-refractivity contribution is -0.145. The summed E-state index contributed by atoms with van der Waals surface area (Å²) in [5.41, 5.74) is 0.499. The zero-order valence-corrected chi connectivity index (χ0v) is 18.2. The summed E-state index contributed by atoms with van der Waals surface area (Å²) in [5.74, 6) is -0.998. The summed E-state index contributed by atoms with van der Waals surface area (Å²) in [6, 6.07) is 4.73. The monoisotopic (exact) mass is 469 g/mol. The molecule has 1 aromatic heterocycles. The van der Waals surface area contributed by atoms with E-state index in [9.17, 15) is 19.5 Å². The Kier molecular flexibility index (Phi) is 7.40. The molecular weight excluding hydrogens is 449 g/mol. The van der Waals surface area contributed by atoms with Gasteiger partial charge in [-0.3, -0.25) is 9.69 Å². The van der Waals surface area contributed by atoms with E-state index in [-0.39, 0.29) is 28.6 Å². The van der Waals surface area contributed by atoms with Crippen molar-refractivity contribution in [2.75, 3.05) is 13.2 Å². The summed E-state index contributed by atoms with van der Waals surface area (Å²) in [5, 5.41) is 16.2. The Morgan fingerprint density at radius 3 is 2.71 bits per heavy atom. The first-order valence-electron chi connectivity index (χ1n) is 9.68. The number of ether oxygens (including phenoxy) is 1. The molecule has 1 aliphatic heterocycles. The number of rotatable bonds is 7. The van der Waals surface area contributed by atoms with Gasteiger partial charge in [-0.1, -0.05) is 34.4 Å². The third-order valence-electron chi connectivity index (χ3n) is 4.89. The molecule has 0 saturated carbocycles. The Hall–Kier alpha value is -2.78. The summed E-state index contributed by atoms with van der Waals surface area (Å²) in [7, 11) is 0. The van der Waals surface area contributed by atoms with Gasteiger partial charge in [0.15, 0.2) is 0 Å². The van der Waals surface area contributed by atoms with E-state index < -0.39 is 30.1 Å². The molecule has 0 spiro atoms. The van der Waals surface area contributed by atoms with Crippen LogP contribution in [0.5, 0.6) is 0 Å². The number of carbonyl (C=O) groups is 3. The van der Waals surface area contributed by atoms with Crippen molar-refractivity contribution in [3.63, 3.8) is 0 Å². The molecule has 1 aromatic carbocycles. The number of amides is 2. The number of nitrogens with one attached hydrogen (secondary N) is 1. The number of aromatic nitrogens is 1. The summed E-state index contributed by atoms with van der Waals surface area (Å²) in [4.78, 5) is 37.8. The quantitative estimate of drug-likeness (QED) is 0.592. The standard InChI is InChI=1S/C20H21Cl2N3O6/c1-2-30-19(27)15(23-18(26)17-12(21)5-3-6-13(17)22)10-11-9-14(24-31-11)16-7-4-8-25(16)20(28)29/h3,5-6,9,15-16H,2,4,7-8,10H2,1H3,(H,23,26)(H,28,29). The van der Waals surface area contributed by atoms with Gasteiger partial charge in [-0.2, -0.15) is 0 Å². The molecule has 2 N–H and O–H groups in total. The first-order valence-corrected chi connectivity index (χ1v) is 10.4. The maximum absolute atomic E-state index is 12.7. The number of nitrogens with zero attached hydrogens (tertiary/aromatic N) is 2. The Bertz CT molecular complexity index is 959. The lowest BCUT2D eigenvalue weighted by Crippen LogP contribution is -2.43. The molecule has 1 aliphatic rings. The van der Waals surface area contributed by atoms with Crippen LogP contribution in [0.2, 0.25) is 10.0 Å². The minimum Gasteiger partial charge on any atom is -0.465 e. The second-order valence-corrected chi connectivity index (χ2v) is 7.75. The molecule has 31 heavy (non-hydrogen) atoms. The van der Waals surface area contributed by atoms with Gasteiger partial charge in [0.05, 0.1) is 28.3 Å². The average molecular weight is 470 g/mol. The van der Waals surface area contributed by atoms with Crippen LogP contribution in [0.25, 0.3) is 0 Å². The number of carboxylic acid groups (broad SMARTS) is 1. The topological polar surface area (TPSA) is 122 Å². The molecule has 11 heteroatoms. The van der Waals surface area contributed by atoms with Crippen LogP contribution >= 0.6 is 23.2 Å². The van der Waals surface area contributed by atoms with E-state index in [0.29, 0.717) is 24.4 Å². The van der Waals surface area contributed by atoms with Crippen molar-refractivity contribution in [2.24, 2.45) is 0 Å². The molecule has 0 radical (unpaired) electrons. The predicted molar refractivity (Wildman–Crippen MR) is 111 cm³/mol. The molecule has 9 nitrogen and oxygen atoms in total. The number of esters is 1. The first kappa shape index (κ1) is 22.9. The molecule has 166 valence electrons. The zero-order chi connectivity index (χ0) is 22.5. The van der Waals surface area contributed by atoms with Gasteiger partial charge in [-0.25, -0.2) is 9.59 Å². The van der Waals surface area contributed by atoms with Crippen LogP contribution in [-0.2, 0) is 16.0 Å². The maximum Gasteiger partial charge on any atom is 0.407 e. The maximum atomic E-state index is 12.7. The number of carbonyl (C=O) groups excluding carboxylic acids is 2. The normalized spacial score (nSPS) is 16.7. The van der Waals surface area contributed by atoms with Crippen LogP contribution in [0.3, 0.4) is 0 Å². The van der Waals surface area contributed by atoms with Gasteiger partial charge in [-0.15, -0.1) is 0 Å². The second kappa shape index (κ2) is 10.0. The largest absolute Gasteiger partial charge is 0.465 e. The zero-order valence-electron chi connectivity index (χ0n) is 16.6. The Morgan fingerprint density at radius 2 is 2.06 bits per heavy atom. The number of likely N-dealkylation sites (tertiary alicyclic amines) is 1. The number of benzene rings is 1. The fourth-order valence-electron chi connectivity index (χ4n) is 3.47. The minimum absolute atomic E-state index is 0.0422. The number of hydrogen-bond acceptors (Lipinski definition) is 6. The molecular formula is C20H21Cl2N3O6. The lowest BCUT2D eigenvalue weighted by atomic mass is 10.1. The highest BCUT2D eigenvalue weighted by Gasteiger charge is 2.33. The minimum atomic E-state index is -1.08. The summed E-state index contributed by atoms with van der Waals surface area (Å²) in [6.07, 6.45) is 0.278. The van der Waals surface area contributed by atoms with Crippen LogP contribution in [-0.4, -0.2) is 52.3 Å². The first-order chi connectivity index (χ1) is 14.8. The van der Waals surface area contributed by atoms with Crippen LogP contribution in [0, 0.1) is 0 Å². The lowest BCUT2D eigenvalue weighted by Gasteiger charge is -2.18. The van der Waals surface area contributed by atoms with E-state index in [4.69, 9.17) is 32.5 Å². The number of halogens is 2. The summed E-state index contributed by atoms with van der Waals surface area (Å²) >= 11 is 12.2. The molecule has 2 atom stereocenters. The van der Waals surface area contributed by atoms with E-state index in [1.54, 1.807) is 19.1 Å². The Morgan fingerprint density at radius 1 is 1.35 bits per heavy atom. The van der Waals surface area contributed by atoms with Gasteiger partial charge in [0.25, 0.3) is 5.91 Å². The SMILES string of the molecule is CCOC(=O)C(Cc1cc(C2CCCN2C(=O)O)no1)NC(=O)c1c(Cl)cccc1Cl. The van der Waals surface area contributed by atoms with Gasteiger partial charge in [0.2, 0.25) is 0 Å². The van der Waals surface area contributed by atoms with Crippen LogP contribution < -0.4 is 5.32 Å². The van der Waals surface area contributed by atoms with E-state index in [0.717, 1.165) is 6.42 Å². The van der Waals surface area contributed by atoms with Crippen molar-refractivity contribution >= 4 is 41.2 Å². The van der Waals surface area contributed by atoms with Gasteiger partial charge in [0.1, 0.15) is 17.5 Å². The fourth-order valence-corrected chi connectivity index (χ4v) is 4.04. The smallest absolute Gasteiger partial charge is 0.407 e. The third-order valence-corrected chi connectivity index (χ3v) is 5.52. The molecule has 1 fully saturated rings. The van der Waals surface area contributed by atoms with Crippen molar-refractivity contribution < 1.29 is 28.8 Å². The van der Waals surface area contributed by atoms with Crippen molar-refractivity contribution in [3.05, 3.63) is 51.3 Å². The second-order valence-electron chi connectivity index (χ2n) is 6.93. The highest BCUT2D eigenvalue weighted by molar-refractivity contribution is 6.39. The van der Waals surface area contributed by atoms with E-state index >= 15 is 0 Å². The fraction of sp³-hybridized carbons (Fsp3) is 0.400. The van der Waals surface area contributed by atoms with Gasteiger partial charge >= 0.3 is 12.1 Å². The van der Waals surface area contributed by atoms with Crippen molar-refractivity contribution in [1.29, 1.82) is 0 Å².